The fourth-order valence-corrected chi connectivity index (χ4v) is 2.96. The average Bonchev–Trinajstić information content (AvgIpc) is 2.77. The van der Waals surface area contributed by atoms with E-state index in [0.29, 0.717) is 11.5 Å². The van der Waals surface area contributed by atoms with Crippen molar-refractivity contribution in [2.75, 3.05) is 27.2 Å². The summed E-state index contributed by atoms with van der Waals surface area (Å²) in [6.45, 7) is 10.2. The smallest absolute Gasteiger partial charge is 0.123 e. The summed E-state index contributed by atoms with van der Waals surface area (Å²) in [4.78, 5) is 2.53. The Morgan fingerprint density at radius 3 is 2.70 bits per heavy atom. The molecule has 1 aromatic carbocycles. The van der Waals surface area contributed by atoms with E-state index in [1.807, 2.05) is 7.05 Å². The van der Waals surface area contributed by atoms with Crippen molar-refractivity contribution in [3.05, 3.63) is 29.3 Å². The van der Waals surface area contributed by atoms with E-state index < -0.39 is 0 Å². The third-order valence-electron chi connectivity index (χ3n) is 4.39. The van der Waals surface area contributed by atoms with Crippen molar-refractivity contribution in [1.29, 1.82) is 0 Å². The Morgan fingerprint density at radius 2 is 2.15 bits per heavy atom. The van der Waals surface area contributed by atoms with Crippen LogP contribution in [0.2, 0.25) is 0 Å². The SMILES string of the molecule is CNC(C)c1ccc(OC)c(CN2CCC(C)(C)C2)c1. The van der Waals surface area contributed by atoms with Crippen LogP contribution in [-0.4, -0.2) is 32.1 Å². The number of methoxy groups -OCH3 is 1. The highest BCUT2D eigenvalue weighted by Crippen LogP contribution is 2.32. The molecule has 20 heavy (non-hydrogen) atoms. The van der Waals surface area contributed by atoms with E-state index in [0.717, 1.165) is 12.3 Å². The minimum absolute atomic E-state index is 0.370. The van der Waals surface area contributed by atoms with Gasteiger partial charge in [0.05, 0.1) is 7.11 Å². The number of rotatable bonds is 5. The number of nitrogens with one attached hydrogen (secondary N) is 1. The molecule has 0 aromatic heterocycles. The van der Waals surface area contributed by atoms with Gasteiger partial charge in [0.25, 0.3) is 0 Å². The normalized spacial score (nSPS) is 20.1. The maximum atomic E-state index is 5.53. The molecule has 2 rings (SSSR count). The number of nitrogens with zero attached hydrogens (tertiary/aromatic N) is 1. The van der Waals surface area contributed by atoms with Crippen molar-refractivity contribution in [2.24, 2.45) is 5.41 Å². The molecule has 1 heterocycles. The monoisotopic (exact) mass is 276 g/mol. The van der Waals surface area contributed by atoms with Crippen LogP contribution >= 0.6 is 0 Å². The van der Waals surface area contributed by atoms with E-state index in [1.165, 1.54) is 30.6 Å². The molecular formula is C17H28N2O. The van der Waals surface area contributed by atoms with Crippen LogP contribution in [-0.2, 0) is 6.54 Å². The van der Waals surface area contributed by atoms with E-state index in [9.17, 15) is 0 Å². The predicted molar refractivity (Wildman–Crippen MR) is 84.1 cm³/mol. The summed E-state index contributed by atoms with van der Waals surface area (Å²) in [5.41, 5.74) is 3.06. The van der Waals surface area contributed by atoms with Crippen molar-refractivity contribution in [3.8, 4) is 5.75 Å². The number of likely N-dealkylation sites (tertiary alicyclic amines) is 1. The van der Waals surface area contributed by atoms with E-state index in [4.69, 9.17) is 4.74 Å². The van der Waals surface area contributed by atoms with Crippen LogP contribution in [0.3, 0.4) is 0 Å². The molecule has 3 heteroatoms. The molecule has 0 saturated carbocycles. The highest BCUT2D eigenvalue weighted by atomic mass is 16.5. The third-order valence-corrected chi connectivity index (χ3v) is 4.39. The molecule has 112 valence electrons. The Morgan fingerprint density at radius 1 is 1.40 bits per heavy atom. The highest BCUT2D eigenvalue weighted by molar-refractivity contribution is 5.38. The van der Waals surface area contributed by atoms with Gasteiger partial charge in [-0.25, -0.2) is 0 Å². The second-order valence-corrected chi connectivity index (χ2v) is 6.71. The lowest BCUT2D eigenvalue weighted by molar-refractivity contribution is 0.279. The Balaban J connectivity index is 2.16. The van der Waals surface area contributed by atoms with Gasteiger partial charge in [0, 0.05) is 24.7 Å². The molecule has 1 atom stereocenters. The molecular weight excluding hydrogens is 248 g/mol. The van der Waals surface area contributed by atoms with Crippen LogP contribution in [0, 0.1) is 5.41 Å². The van der Waals surface area contributed by atoms with Gasteiger partial charge < -0.3 is 10.1 Å². The van der Waals surface area contributed by atoms with E-state index >= 15 is 0 Å². The first kappa shape index (κ1) is 15.3. The lowest BCUT2D eigenvalue weighted by Gasteiger charge is -2.22. The molecule has 0 aliphatic carbocycles. The van der Waals surface area contributed by atoms with Crippen molar-refractivity contribution in [3.63, 3.8) is 0 Å². The van der Waals surface area contributed by atoms with Crippen molar-refractivity contribution in [2.45, 2.75) is 39.8 Å². The van der Waals surface area contributed by atoms with Crippen LogP contribution in [0.4, 0.5) is 0 Å². The quantitative estimate of drug-likeness (QED) is 0.894. The minimum Gasteiger partial charge on any atom is -0.496 e. The zero-order valence-corrected chi connectivity index (χ0v) is 13.5. The number of hydrogen-bond acceptors (Lipinski definition) is 3. The van der Waals surface area contributed by atoms with Crippen LogP contribution in [0.5, 0.6) is 5.75 Å². The maximum Gasteiger partial charge on any atom is 0.123 e. The van der Waals surface area contributed by atoms with Gasteiger partial charge in [0.15, 0.2) is 0 Å². The van der Waals surface area contributed by atoms with Crippen LogP contribution in [0.15, 0.2) is 18.2 Å². The van der Waals surface area contributed by atoms with Gasteiger partial charge in [-0.15, -0.1) is 0 Å². The molecule has 0 bridgehead atoms. The molecule has 0 amide bonds. The Bertz CT molecular complexity index is 456. The zero-order chi connectivity index (χ0) is 14.8. The maximum absolute atomic E-state index is 5.53. The van der Waals surface area contributed by atoms with E-state index in [1.54, 1.807) is 7.11 Å². The fourth-order valence-electron chi connectivity index (χ4n) is 2.96. The molecule has 3 nitrogen and oxygen atoms in total. The topological polar surface area (TPSA) is 24.5 Å². The van der Waals surface area contributed by atoms with Gasteiger partial charge in [-0.1, -0.05) is 19.9 Å². The number of hydrogen-bond donors (Lipinski definition) is 1. The van der Waals surface area contributed by atoms with Gasteiger partial charge in [-0.3, -0.25) is 4.90 Å². The van der Waals surface area contributed by atoms with E-state index in [2.05, 4.69) is 49.2 Å². The highest BCUT2D eigenvalue weighted by Gasteiger charge is 2.29. The fraction of sp³-hybridized carbons (Fsp3) is 0.647. The van der Waals surface area contributed by atoms with Gasteiger partial charge in [0.2, 0.25) is 0 Å². The number of ether oxygens (including phenoxy) is 1. The summed E-state index contributed by atoms with van der Waals surface area (Å²) in [5.74, 6) is 1.00. The molecule has 1 saturated heterocycles. The molecule has 1 aliphatic rings. The van der Waals surface area contributed by atoms with Crippen molar-refractivity contribution >= 4 is 0 Å². The standard InChI is InChI=1S/C17H28N2O/c1-13(18-4)14-6-7-16(20-5)15(10-14)11-19-9-8-17(2,3)12-19/h6-7,10,13,18H,8-9,11-12H2,1-5H3. The largest absolute Gasteiger partial charge is 0.496 e. The molecule has 0 spiro atoms. The summed E-state index contributed by atoms with van der Waals surface area (Å²) in [5, 5.41) is 3.30. The molecule has 1 fully saturated rings. The van der Waals surface area contributed by atoms with Gasteiger partial charge in [0.1, 0.15) is 5.75 Å². The van der Waals surface area contributed by atoms with Gasteiger partial charge in [-0.05, 0) is 50.0 Å². The second-order valence-electron chi connectivity index (χ2n) is 6.71. The summed E-state index contributed by atoms with van der Waals surface area (Å²) >= 11 is 0. The second kappa shape index (κ2) is 6.15. The van der Waals surface area contributed by atoms with Crippen LogP contribution in [0.25, 0.3) is 0 Å². The van der Waals surface area contributed by atoms with Crippen LogP contribution < -0.4 is 10.1 Å². The lowest BCUT2D eigenvalue weighted by Crippen LogP contribution is -2.23. The lowest BCUT2D eigenvalue weighted by atomic mass is 9.93. The summed E-state index contributed by atoms with van der Waals surface area (Å²) in [7, 11) is 3.76. The van der Waals surface area contributed by atoms with Crippen molar-refractivity contribution < 1.29 is 4.74 Å². The summed E-state index contributed by atoms with van der Waals surface area (Å²) in [6, 6.07) is 6.90. The average molecular weight is 276 g/mol. The third kappa shape index (κ3) is 3.53. The summed E-state index contributed by atoms with van der Waals surface area (Å²) < 4.78 is 5.53. The first-order valence-electron chi connectivity index (χ1n) is 7.51. The van der Waals surface area contributed by atoms with Gasteiger partial charge in [-0.2, -0.15) is 0 Å². The van der Waals surface area contributed by atoms with E-state index in [-0.39, 0.29) is 0 Å². The predicted octanol–water partition coefficient (Wildman–Crippen LogP) is 3.21. The van der Waals surface area contributed by atoms with Crippen molar-refractivity contribution in [1.82, 2.24) is 10.2 Å². The molecule has 1 aromatic rings. The Labute approximate surface area is 123 Å². The first-order chi connectivity index (χ1) is 9.45. The Hall–Kier alpha value is -1.06. The molecule has 1 N–H and O–H groups in total. The first-order valence-corrected chi connectivity index (χ1v) is 7.51. The molecule has 0 radical (unpaired) electrons. The van der Waals surface area contributed by atoms with Crippen LogP contribution in [0.1, 0.15) is 44.4 Å². The zero-order valence-electron chi connectivity index (χ0n) is 13.5. The van der Waals surface area contributed by atoms with Gasteiger partial charge >= 0.3 is 0 Å². The minimum atomic E-state index is 0.370. The number of benzene rings is 1. The summed E-state index contributed by atoms with van der Waals surface area (Å²) in [6.07, 6.45) is 1.28. The molecule has 1 unspecified atom stereocenters. The Kier molecular flexibility index (Phi) is 4.71. The molecule has 1 aliphatic heterocycles.